The number of aromatic carboxylic acids is 1. The Hall–Kier alpha value is -3.56. The predicted octanol–water partition coefficient (Wildman–Crippen LogP) is 4.91. The number of hydrogen-bond donors (Lipinski definition) is 3. The van der Waals surface area contributed by atoms with Gasteiger partial charge in [0, 0.05) is 12.0 Å². The Morgan fingerprint density at radius 3 is 1.95 bits per heavy atom. The highest BCUT2D eigenvalue weighted by Crippen LogP contribution is 2.27. The molecule has 1 fully saturated rings. The van der Waals surface area contributed by atoms with Crippen molar-refractivity contribution in [1.29, 1.82) is 0 Å². The minimum Gasteiger partial charge on any atom is -0.478 e. The molecule has 9 heteroatoms. The minimum absolute atomic E-state index is 0.0786. The van der Waals surface area contributed by atoms with Crippen LogP contribution >= 0.6 is 0 Å². The second kappa shape index (κ2) is 11.2. The van der Waals surface area contributed by atoms with Gasteiger partial charge in [0.25, 0.3) is 0 Å². The fourth-order valence-electron chi connectivity index (χ4n) is 4.56. The summed E-state index contributed by atoms with van der Waals surface area (Å²) in [5, 5.41) is 12.0. The maximum Gasteiger partial charge on any atom is 0.335 e. The molecule has 1 amide bonds. The Balaban J connectivity index is 1.30. The van der Waals surface area contributed by atoms with Gasteiger partial charge in [0.15, 0.2) is 0 Å². The van der Waals surface area contributed by atoms with E-state index in [4.69, 9.17) is 5.11 Å². The minimum atomic E-state index is -3.73. The standard InChI is InChI=1S/C28H29FN2O5S/c1-18(19-6-12-24(29)13-7-19)30-27(32)22-8-14-25(15-9-22)31-37(35,36)26-16-10-21(11-17-26)20-2-4-23(5-3-20)28(33)34/h2-7,10-13,16-18,22,25,31H,8-9,14-15H2,1H3,(H,30,32)(H,33,34). The number of halogens is 1. The zero-order valence-electron chi connectivity index (χ0n) is 20.4. The molecule has 0 radical (unpaired) electrons. The van der Waals surface area contributed by atoms with Crippen molar-refractivity contribution in [3.63, 3.8) is 0 Å². The third-order valence-electron chi connectivity index (χ3n) is 6.78. The van der Waals surface area contributed by atoms with E-state index in [1.165, 1.54) is 36.4 Å². The van der Waals surface area contributed by atoms with Gasteiger partial charge < -0.3 is 10.4 Å². The van der Waals surface area contributed by atoms with E-state index in [-0.39, 0.29) is 40.2 Å². The van der Waals surface area contributed by atoms with Crippen LogP contribution in [0.2, 0.25) is 0 Å². The lowest BCUT2D eigenvalue weighted by molar-refractivity contribution is -0.126. The van der Waals surface area contributed by atoms with Crippen LogP contribution in [-0.4, -0.2) is 31.4 Å². The SMILES string of the molecule is CC(NC(=O)C1CCC(NS(=O)(=O)c2ccc(-c3ccc(C(=O)O)cc3)cc2)CC1)c1ccc(F)cc1. The number of carbonyl (C=O) groups excluding carboxylic acids is 1. The van der Waals surface area contributed by atoms with Crippen LogP contribution in [-0.2, 0) is 14.8 Å². The summed E-state index contributed by atoms with van der Waals surface area (Å²) >= 11 is 0. The van der Waals surface area contributed by atoms with E-state index in [0.717, 1.165) is 16.7 Å². The van der Waals surface area contributed by atoms with Gasteiger partial charge in [-0.25, -0.2) is 22.3 Å². The Morgan fingerprint density at radius 1 is 0.865 bits per heavy atom. The van der Waals surface area contributed by atoms with Crippen LogP contribution in [0.15, 0.2) is 77.7 Å². The van der Waals surface area contributed by atoms with Gasteiger partial charge in [-0.1, -0.05) is 36.4 Å². The Kier molecular flexibility index (Phi) is 8.04. The summed E-state index contributed by atoms with van der Waals surface area (Å²) in [6.45, 7) is 1.85. The number of sulfonamides is 1. The highest BCUT2D eigenvalue weighted by molar-refractivity contribution is 7.89. The van der Waals surface area contributed by atoms with Crippen molar-refractivity contribution in [2.45, 2.75) is 49.6 Å². The van der Waals surface area contributed by atoms with Gasteiger partial charge in [-0.2, -0.15) is 0 Å². The molecule has 3 N–H and O–H groups in total. The lowest BCUT2D eigenvalue weighted by Gasteiger charge is -2.29. The molecule has 7 nitrogen and oxygen atoms in total. The van der Waals surface area contributed by atoms with Crippen LogP contribution in [0.4, 0.5) is 4.39 Å². The van der Waals surface area contributed by atoms with Gasteiger partial charge in [0.1, 0.15) is 5.82 Å². The van der Waals surface area contributed by atoms with Crippen LogP contribution in [0.3, 0.4) is 0 Å². The molecule has 1 saturated carbocycles. The number of carboxylic acid groups (broad SMARTS) is 1. The van der Waals surface area contributed by atoms with Crippen LogP contribution in [0.25, 0.3) is 11.1 Å². The first-order chi connectivity index (χ1) is 17.6. The van der Waals surface area contributed by atoms with Gasteiger partial charge in [-0.15, -0.1) is 0 Å². The van der Waals surface area contributed by atoms with Crippen molar-refractivity contribution in [3.05, 3.63) is 89.7 Å². The lowest BCUT2D eigenvalue weighted by atomic mass is 9.85. The van der Waals surface area contributed by atoms with Crippen molar-refractivity contribution in [2.24, 2.45) is 5.92 Å². The first kappa shape index (κ1) is 26.5. The number of carboxylic acids is 1. The van der Waals surface area contributed by atoms with Gasteiger partial charge in [0.05, 0.1) is 16.5 Å². The average Bonchev–Trinajstić information content (AvgIpc) is 2.89. The monoisotopic (exact) mass is 524 g/mol. The third-order valence-corrected chi connectivity index (χ3v) is 8.31. The number of benzene rings is 3. The van der Waals surface area contributed by atoms with Crippen LogP contribution in [0.5, 0.6) is 0 Å². The molecule has 1 aliphatic carbocycles. The predicted molar refractivity (Wildman–Crippen MR) is 138 cm³/mol. The van der Waals surface area contributed by atoms with Crippen molar-refractivity contribution >= 4 is 21.9 Å². The van der Waals surface area contributed by atoms with E-state index in [2.05, 4.69) is 10.0 Å². The highest BCUT2D eigenvalue weighted by atomic mass is 32.2. The van der Waals surface area contributed by atoms with Crippen molar-refractivity contribution in [1.82, 2.24) is 10.0 Å². The molecule has 3 aromatic carbocycles. The molecule has 1 atom stereocenters. The number of rotatable bonds is 8. The zero-order valence-corrected chi connectivity index (χ0v) is 21.2. The zero-order chi connectivity index (χ0) is 26.6. The maximum atomic E-state index is 13.1. The highest BCUT2D eigenvalue weighted by Gasteiger charge is 2.29. The maximum absolute atomic E-state index is 13.1. The molecule has 37 heavy (non-hydrogen) atoms. The fourth-order valence-corrected chi connectivity index (χ4v) is 5.86. The van der Waals surface area contributed by atoms with Crippen molar-refractivity contribution in [2.75, 3.05) is 0 Å². The molecule has 0 heterocycles. The molecule has 0 saturated heterocycles. The van der Waals surface area contributed by atoms with E-state index in [1.807, 2.05) is 6.92 Å². The van der Waals surface area contributed by atoms with E-state index < -0.39 is 16.0 Å². The summed E-state index contributed by atoms with van der Waals surface area (Å²) in [4.78, 5) is 23.9. The van der Waals surface area contributed by atoms with Gasteiger partial charge in [0.2, 0.25) is 15.9 Å². The van der Waals surface area contributed by atoms with E-state index in [0.29, 0.717) is 25.7 Å². The normalized spacial score (nSPS) is 18.6. The third kappa shape index (κ3) is 6.61. The van der Waals surface area contributed by atoms with Gasteiger partial charge >= 0.3 is 5.97 Å². The topological polar surface area (TPSA) is 113 Å². The molecule has 0 bridgehead atoms. The molecule has 194 valence electrons. The Morgan fingerprint density at radius 2 is 1.41 bits per heavy atom. The van der Waals surface area contributed by atoms with Crippen molar-refractivity contribution < 1.29 is 27.5 Å². The van der Waals surface area contributed by atoms with Gasteiger partial charge in [-0.05, 0) is 85.7 Å². The molecule has 1 unspecified atom stereocenters. The van der Waals surface area contributed by atoms with E-state index >= 15 is 0 Å². The number of amides is 1. The summed E-state index contributed by atoms with van der Waals surface area (Å²) in [6, 6.07) is 18.3. The van der Waals surface area contributed by atoms with Crippen LogP contribution < -0.4 is 10.0 Å². The summed E-state index contributed by atoms with van der Waals surface area (Å²) in [6.07, 6.45) is 2.24. The summed E-state index contributed by atoms with van der Waals surface area (Å²) in [7, 11) is -3.73. The van der Waals surface area contributed by atoms with Crippen LogP contribution in [0, 0.1) is 11.7 Å². The Bertz CT molecular complexity index is 1350. The Labute approximate surface area is 215 Å². The quantitative estimate of drug-likeness (QED) is 0.388. The molecular formula is C28H29FN2O5S. The molecule has 4 rings (SSSR count). The summed E-state index contributed by atoms with van der Waals surface area (Å²) in [5.41, 5.74) is 2.56. The smallest absolute Gasteiger partial charge is 0.335 e. The molecule has 3 aromatic rings. The summed E-state index contributed by atoms with van der Waals surface area (Å²) in [5.74, 6) is -1.61. The molecular weight excluding hydrogens is 495 g/mol. The average molecular weight is 525 g/mol. The molecule has 0 aliphatic heterocycles. The van der Waals surface area contributed by atoms with Crippen LogP contribution in [0.1, 0.15) is 54.6 Å². The van der Waals surface area contributed by atoms with E-state index in [1.54, 1.807) is 36.4 Å². The largest absolute Gasteiger partial charge is 0.478 e. The number of nitrogens with one attached hydrogen (secondary N) is 2. The molecule has 1 aliphatic rings. The van der Waals surface area contributed by atoms with E-state index in [9.17, 15) is 22.4 Å². The lowest BCUT2D eigenvalue weighted by Crippen LogP contribution is -2.41. The summed E-state index contributed by atoms with van der Waals surface area (Å²) < 4.78 is 41.8. The number of carbonyl (C=O) groups is 2. The molecule has 0 spiro atoms. The molecule has 0 aromatic heterocycles. The fraction of sp³-hybridized carbons (Fsp3) is 0.286. The number of hydrogen-bond acceptors (Lipinski definition) is 4. The second-order valence-electron chi connectivity index (χ2n) is 9.36. The second-order valence-corrected chi connectivity index (χ2v) is 11.1. The first-order valence-corrected chi connectivity index (χ1v) is 13.6. The van der Waals surface area contributed by atoms with Gasteiger partial charge in [-0.3, -0.25) is 4.79 Å². The first-order valence-electron chi connectivity index (χ1n) is 12.1. The van der Waals surface area contributed by atoms with Crippen molar-refractivity contribution in [3.8, 4) is 11.1 Å².